The van der Waals surface area contributed by atoms with Crippen molar-refractivity contribution in [1.82, 2.24) is 0 Å². The molecule has 7 heteroatoms. The fourth-order valence-electron chi connectivity index (χ4n) is 0.300. The Morgan fingerprint density at radius 1 is 0.667 bits per heavy atom. The summed E-state index contributed by atoms with van der Waals surface area (Å²) in [6.07, 6.45) is 0. The third kappa shape index (κ3) is 6.09. The van der Waals surface area contributed by atoms with Gasteiger partial charge in [0, 0.05) is 0 Å². The molecule has 0 saturated carbocycles. The van der Waals surface area contributed by atoms with E-state index in [1.54, 1.807) is 0 Å². The monoisotopic (exact) mass is 194 g/mol. The molecule has 0 unspecified atom stereocenters. The van der Waals surface area contributed by atoms with Gasteiger partial charge in [-0.15, -0.1) is 0 Å². The molecule has 0 aromatic heterocycles. The summed E-state index contributed by atoms with van der Waals surface area (Å²) >= 11 is 0. The normalized spacial score (nSPS) is 9.00. The molecule has 0 spiro atoms. The molecule has 0 aromatic rings. The van der Waals surface area contributed by atoms with E-state index in [0.717, 1.165) is 0 Å². The molecule has 0 aliphatic rings. The number of rotatable bonds is 4. The Morgan fingerprint density at radius 2 is 0.833 bits per heavy atom. The van der Waals surface area contributed by atoms with Crippen molar-refractivity contribution in [3.63, 3.8) is 0 Å². The molecule has 0 rings (SSSR count). The second kappa shape index (κ2) is 11.5. The van der Waals surface area contributed by atoms with Gasteiger partial charge < -0.3 is 31.4 Å². The molecule has 0 fully saturated rings. The van der Waals surface area contributed by atoms with Crippen molar-refractivity contribution in [2.45, 2.75) is 0 Å². The Morgan fingerprint density at radius 3 is 0.833 bits per heavy atom. The minimum atomic E-state index is -1.11. The van der Waals surface area contributed by atoms with Gasteiger partial charge in [-0.2, -0.15) is 0 Å². The molecule has 0 aliphatic carbocycles. The number of aliphatic hydroxyl groups excluding tert-OH is 4. The van der Waals surface area contributed by atoms with Gasteiger partial charge in [-0.3, -0.25) is 0 Å². The molecule has 72 valence electrons. The van der Waals surface area contributed by atoms with Crippen molar-refractivity contribution in [2.75, 3.05) is 26.4 Å². The molecule has 0 saturated heterocycles. The van der Waals surface area contributed by atoms with Crippen LogP contribution in [0.3, 0.4) is 0 Å². The van der Waals surface area contributed by atoms with Crippen LogP contribution in [-0.2, 0) is 0 Å². The van der Waals surface area contributed by atoms with E-state index < -0.39 is 31.8 Å². The van der Waals surface area contributed by atoms with Gasteiger partial charge in [0.2, 0.25) is 0 Å². The van der Waals surface area contributed by atoms with E-state index in [1.807, 2.05) is 0 Å². The molecule has 12 heavy (non-hydrogen) atoms. The van der Waals surface area contributed by atoms with Crippen LogP contribution >= 0.6 is 0 Å². The van der Waals surface area contributed by atoms with Crippen molar-refractivity contribution in [2.24, 2.45) is 5.41 Å². The zero-order valence-corrected chi connectivity index (χ0v) is 8.13. The van der Waals surface area contributed by atoms with Gasteiger partial charge in [0.25, 0.3) is 0 Å². The van der Waals surface area contributed by atoms with Gasteiger partial charge in [0.15, 0.2) is 0 Å². The quantitative estimate of drug-likeness (QED) is 0.356. The summed E-state index contributed by atoms with van der Waals surface area (Å²) in [6.45, 7) is -1.62. The summed E-state index contributed by atoms with van der Waals surface area (Å²) in [6, 6.07) is 0. The number of hydrogen-bond donors (Lipinski definition) is 4. The maximum Gasteiger partial charge on any atom is 2.00 e. The third-order valence-electron chi connectivity index (χ3n) is 1.34. The van der Waals surface area contributed by atoms with E-state index in [-0.39, 0.29) is 34.0 Å². The van der Waals surface area contributed by atoms with E-state index in [0.29, 0.717) is 0 Å². The second-order valence-corrected chi connectivity index (χ2v) is 2.13. The molecule has 6 N–H and O–H groups in total. The van der Waals surface area contributed by atoms with E-state index in [4.69, 9.17) is 20.4 Å². The Bertz CT molecular complexity index is 58.8. The van der Waals surface area contributed by atoms with Gasteiger partial charge in [0.1, 0.15) is 0 Å². The molecule has 0 amide bonds. The molecular weight excluding hydrogens is 180 g/mol. The zero-order valence-electron chi connectivity index (χ0n) is 6.72. The summed E-state index contributed by atoms with van der Waals surface area (Å²) in [5, 5.41) is 34.0. The van der Waals surface area contributed by atoms with Crippen LogP contribution in [0.2, 0.25) is 0 Å². The third-order valence-corrected chi connectivity index (χ3v) is 1.34. The first-order valence-corrected chi connectivity index (χ1v) is 2.68. The maximum absolute atomic E-state index is 8.50. The van der Waals surface area contributed by atoms with Crippen LogP contribution < -0.4 is 0 Å². The molecular formula is C5H14MgO6. The number of hydrogen-bond acceptors (Lipinski definition) is 6. The van der Waals surface area contributed by atoms with Gasteiger partial charge in [-0.1, -0.05) is 0 Å². The molecule has 0 aromatic carbocycles. The molecule has 0 atom stereocenters. The van der Waals surface area contributed by atoms with E-state index >= 15 is 0 Å². The Balaban J connectivity index is -0.000000107. The van der Waals surface area contributed by atoms with Crippen molar-refractivity contribution in [1.29, 1.82) is 0 Å². The van der Waals surface area contributed by atoms with E-state index in [2.05, 4.69) is 0 Å². The molecule has 0 aliphatic heterocycles. The molecule has 0 radical (unpaired) electrons. The van der Waals surface area contributed by atoms with Gasteiger partial charge in [-0.25, -0.2) is 0 Å². The van der Waals surface area contributed by atoms with Gasteiger partial charge >= 0.3 is 23.1 Å². The standard InChI is InChI=1S/C5H12O4.Mg.2H2O/c6-1-5(2-7,3-8)4-9;;;/h6-9H,1-4H2;;2*1H2/q;+2;;/p-2. The Labute approximate surface area is 86.6 Å². The summed E-state index contributed by atoms with van der Waals surface area (Å²) in [4.78, 5) is 0. The fraction of sp³-hybridized carbons (Fsp3) is 1.00. The summed E-state index contributed by atoms with van der Waals surface area (Å²) in [7, 11) is 0. The Hall–Kier alpha value is 0.526. The first-order valence-electron chi connectivity index (χ1n) is 2.68. The summed E-state index contributed by atoms with van der Waals surface area (Å²) in [5.41, 5.74) is -1.11. The van der Waals surface area contributed by atoms with Crippen LogP contribution in [0, 0.1) is 5.41 Å². The van der Waals surface area contributed by atoms with Crippen molar-refractivity contribution in [3.8, 4) is 0 Å². The van der Waals surface area contributed by atoms with Crippen LogP contribution in [-0.4, -0.2) is 80.9 Å². The molecule has 6 nitrogen and oxygen atoms in total. The average molecular weight is 194 g/mol. The Kier molecular flexibility index (Phi) is 22.0. The van der Waals surface area contributed by atoms with Crippen molar-refractivity contribution in [3.05, 3.63) is 0 Å². The summed E-state index contributed by atoms with van der Waals surface area (Å²) in [5.74, 6) is 0. The predicted octanol–water partition coefficient (Wildman–Crippen LogP) is -2.79. The minimum absolute atomic E-state index is 0. The van der Waals surface area contributed by atoms with E-state index in [1.165, 1.54) is 0 Å². The SMILES string of the molecule is OCC(CO)(CO)CO.[Mg+2].[OH-].[OH-]. The van der Waals surface area contributed by atoms with Crippen LogP contribution in [0.1, 0.15) is 0 Å². The first-order chi connectivity index (χ1) is 4.24. The van der Waals surface area contributed by atoms with Crippen LogP contribution in [0.15, 0.2) is 0 Å². The van der Waals surface area contributed by atoms with Crippen molar-refractivity contribution < 1.29 is 31.4 Å². The second-order valence-electron chi connectivity index (χ2n) is 2.13. The van der Waals surface area contributed by atoms with Crippen LogP contribution in [0.25, 0.3) is 0 Å². The molecule has 0 bridgehead atoms. The fourth-order valence-corrected chi connectivity index (χ4v) is 0.300. The van der Waals surface area contributed by atoms with E-state index in [9.17, 15) is 0 Å². The van der Waals surface area contributed by atoms with Gasteiger partial charge in [0.05, 0.1) is 31.8 Å². The number of aliphatic hydroxyl groups is 4. The zero-order chi connectivity index (χ0) is 7.33. The van der Waals surface area contributed by atoms with Gasteiger partial charge in [-0.05, 0) is 0 Å². The molecule has 0 heterocycles. The summed E-state index contributed by atoms with van der Waals surface area (Å²) < 4.78 is 0. The predicted molar refractivity (Wildman–Crippen MR) is 40.4 cm³/mol. The van der Waals surface area contributed by atoms with Crippen LogP contribution in [0.4, 0.5) is 0 Å². The average Bonchev–Trinajstić information content (AvgIpc) is 1.95. The first kappa shape index (κ1) is 22.9. The minimum Gasteiger partial charge on any atom is -0.870 e. The topological polar surface area (TPSA) is 141 Å². The maximum atomic E-state index is 8.50. The largest absolute Gasteiger partial charge is 2.00 e. The van der Waals surface area contributed by atoms with Crippen LogP contribution in [0.5, 0.6) is 0 Å². The smallest absolute Gasteiger partial charge is 0.870 e. The van der Waals surface area contributed by atoms with Crippen molar-refractivity contribution >= 4 is 23.1 Å².